The SMILES string of the molecule is CC(O)C(N)CNC(=O)c1cccn1C(C)C. The van der Waals surface area contributed by atoms with Crippen molar-refractivity contribution < 1.29 is 9.90 Å². The van der Waals surface area contributed by atoms with E-state index in [2.05, 4.69) is 5.32 Å². The van der Waals surface area contributed by atoms with Gasteiger partial charge in [-0.25, -0.2) is 0 Å². The number of carbonyl (C=O) groups excluding carboxylic acids is 1. The van der Waals surface area contributed by atoms with Crippen LogP contribution in [0.2, 0.25) is 0 Å². The minimum atomic E-state index is -0.632. The van der Waals surface area contributed by atoms with Crippen molar-refractivity contribution in [2.24, 2.45) is 5.73 Å². The predicted octanol–water partition coefficient (Wildman–Crippen LogP) is 0.507. The van der Waals surface area contributed by atoms with Crippen molar-refractivity contribution in [3.8, 4) is 0 Å². The van der Waals surface area contributed by atoms with E-state index >= 15 is 0 Å². The Morgan fingerprint density at radius 3 is 2.71 bits per heavy atom. The van der Waals surface area contributed by atoms with Crippen LogP contribution in [0.15, 0.2) is 18.3 Å². The molecule has 2 unspecified atom stereocenters. The van der Waals surface area contributed by atoms with Gasteiger partial charge in [-0.1, -0.05) is 0 Å². The van der Waals surface area contributed by atoms with Gasteiger partial charge in [-0.2, -0.15) is 0 Å². The lowest BCUT2D eigenvalue weighted by atomic mass is 10.2. The summed E-state index contributed by atoms with van der Waals surface area (Å²) >= 11 is 0. The summed E-state index contributed by atoms with van der Waals surface area (Å²) in [4.78, 5) is 11.9. The van der Waals surface area contributed by atoms with Crippen LogP contribution in [0.4, 0.5) is 0 Å². The van der Waals surface area contributed by atoms with E-state index in [1.54, 1.807) is 13.0 Å². The summed E-state index contributed by atoms with van der Waals surface area (Å²) in [6.07, 6.45) is 1.24. The third kappa shape index (κ3) is 3.57. The topological polar surface area (TPSA) is 80.3 Å². The molecule has 0 spiro atoms. The number of nitrogens with zero attached hydrogens (tertiary/aromatic N) is 1. The Labute approximate surface area is 102 Å². The molecule has 1 amide bonds. The first-order chi connectivity index (χ1) is 7.93. The van der Waals surface area contributed by atoms with Crippen LogP contribution >= 0.6 is 0 Å². The molecule has 1 aromatic rings. The largest absolute Gasteiger partial charge is 0.392 e. The third-order valence-corrected chi connectivity index (χ3v) is 2.69. The Balaban J connectivity index is 2.61. The molecule has 5 heteroatoms. The minimum Gasteiger partial charge on any atom is -0.392 e. The Hall–Kier alpha value is -1.33. The van der Waals surface area contributed by atoms with E-state index in [9.17, 15) is 9.90 Å². The summed E-state index contributed by atoms with van der Waals surface area (Å²) in [7, 11) is 0. The number of amides is 1. The maximum Gasteiger partial charge on any atom is 0.267 e. The van der Waals surface area contributed by atoms with Crippen molar-refractivity contribution in [3.63, 3.8) is 0 Å². The van der Waals surface area contributed by atoms with Crippen LogP contribution in [-0.4, -0.2) is 34.3 Å². The highest BCUT2D eigenvalue weighted by molar-refractivity contribution is 5.92. The number of aromatic nitrogens is 1. The highest BCUT2D eigenvalue weighted by Gasteiger charge is 2.15. The fourth-order valence-corrected chi connectivity index (χ4v) is 1.51. The first-order valence-electron chi connectivity index (χ1n) is 5.82. The van der Waals surface area contributed by atoms with E-state index in [1.807, 2.05) is 30.7 Å². The number of nitrogens with one attached hydrogen (secondary N) is 1. The van der Waals surface area contributed by atoms with Crippen LogP contribution in [0, 0.1) is 0 Å². The second-order valence-corrected chi connectivity index (χ2v) is 4.51. The molecule has 0 aliphatic rings. The maximum absolute atomic E-state index is 11.9. The van der Waals surface area contributed by atoms with Crippen molar-refractivity contribution in [3.05, 3.63) is 24.0 Å². The second kappa shape index (κ2) is 5.84. The monoisotopic (exact) mass is 239 g/mol. The van der Waals surface area contributed by atoms with Gasteiger partial charge in [0.15, 0.2) is 0 Å². The highest BCUT2D eigenvalue weighted by atomic mass is 16.3. The average molecular weight is 239 g/mol. The number of aliphatic hydroxyl groups excluding tert-OH is 1. The molecule has 1 heterocycles. The van der Waals surface area contributed by atoms with Gasteiger partial charge in [-0.05, 0) is 32.9 Å². The number of nitrogens with two attached hydrogens (primary N) is 1. The van der Waals surface area contributed by atoms with Crippen molar-refractivity contribution in [2.45, 2.75) is 39.0 Å². The summed E-state index contributed by atoms with van der Waals surface area (Å²) in [6, 6.07) is 3.39. The van der Waals surface area contributed by atoms with Crippen LogP contribution in [-0.2, 0) is 0 Å². The zero-order valence-corrected chi connectivity index (χ0v) is 10.6. The molecule has 0 aromatic carbocycles. The molecule has 96 valence electrons. The lowest BCUT2D eigenvalue weighted by Crippen LogP contribution is -2.44. The Morgan fingerprint density at radius 1 is 1.53 bits per heavy atom. The van der Waals surface area contributed by atoms with Crippen molar-refractivity contribution in [2.75, 3.05) is 6.54 Å². The molecule has 0 saturated heterocycles. The molecule has 4 N–H and O–H groups in total. The predicted molar refractivity (Wildman–Crippen MR) is 66.8 cm³/mol. The lowest BCUT2D eigenvalue weighted by molar-refractivity contribution is 0.0927. The van der Waals surface area contributed by atoms with Gasteiger partial charge in [0.25, 0.3) is 5.91 Å². The summed E-state index contributed by atoms with van der Waals surface area (Å²) in [5.41, 5.74) is 6.25. The zero-order chi connectivity index (χ0) is 13.0. The van der Waals surface area contributed by atoms with E-state index in [1.165, 1.54) is 0 Å². The normalized spacial score (nSPS) is 14.7. The number of rotatable bonds is 5. The Kier molecular flexibility index (Phi) is 4.72. The first kappa shape index (κ1) is 13.7. The fraction of sp³-hybridized carbons (Fsp3) is 0.583. The lowest BCUT2D eigenvalue weighted by Gasteiger charge is -2.17. The van der Waals surface area contributed by atoms with Gasteiger partial charge in [0.2, 0.25) is 0 Å². The van der Waals surface area contributed by atoms with Crippen LogP contribution in [0.25, 0.3) is 0 Å². The van der Waals surface area contributed by atoms with Crippen molar-refractivity contribution in [1.82, 2.24) is 9.88 Å². The van der Waals surface area contributed by atoms with E-state index < -0.39 is 12.1 Å². The molecule has 0 fully saturated rings. The summed E-state index contributed by atoms with van der Waals surface area (Å²) < 4.78 is 1.89. The van der Waals surface area contributed by atoms with Gasteiger partial charge < -0.3 is 20.7 Å². The summed E-state index contributed by atoms with van der Waals surface area (Å²) in [6.45, 7) is 5.89. The van der Waals surface area contributed by atoms with Crippen molar-refractivity contribution >= 4 is 5.91 Å². The van der Waals surface area contributed by atoms with E-state index in [0.717, 1.165) is 0 Å². The molecule has 1 rings (SSSR count). The molecule has 0 aliphatic heterocycles. The van der Waals surface area contributed by atoms with Gasteiger partial charge >= 0.3 is 0 Å². The van der Waals surface area contributed by atoms with E-state index in [4.69, 9.17) is 5.73 Å². The Morgan fingerprint density at radius 2 is 2.18 bits per heavy atom. The smallest absolute Gasteiger partial charge is 0.267 e. The zero-order valence-electron chi connectivity index (χ0n) is 10.6. The van der Waals surface area contributed by atoms with Gasteiger partial charge in [0.05, 0.1) is 6.10 Å². The summed E-state index contributed by atoms with van der Waals surface area (Å²) in [5.74, 6) is -0.167. The standard InChI is InChI=1S/C12H21N3O2/c1-8(2)15-6-4-5-11(15)12(17)14-7-10(13)9(3)16/h4-6,8-10,16H,7,13H2,1-3H3,(H,14,17). The molecule has 0 radical (unpaired) electrons. The molecule has 1 aromatic heterocycles. The quantitative estimate of drug-likeness (QED) is 0.700. The van der Waals surface area contributed by atoms with E-state index in [0.29, 0.717) is 5.69 Å². The number of aliphatic hydroxyl groups is 1. The number of carbonyl (C=O) groups is 1. The molecule has 2 atom stereocenters. The summed E-state index contributed by atoms with van der Waals surface area (Å²) in [5, 5.41) is 11.9. The van der Waals surface area contributed by atoms with Crippen LogP contribution in [0.1, 0.15) is 37.3 Å². The minimum absolute atomic E-state index is 0.167. The van der Waals surface area contributed by atoms with Gasteiger partial charge in [-0.15, -0.1) is 0 Å². The first-order valence-corrected chi connectivity index (χ1v) is 5.82. The molecular formula is C12H21N3O2. The maximum atomic E-state index is 11.9. The third-order valence-electron chi connectivity index (χ3n) is 2.69. The van der Waals surface area contributed by atoms with Crippen molar-refractivity contribution in [1.29, 1.82) is 0 Å². The van der Waals surface area contributed by atoms with Crippen LogP contribution in [0.5, 0.6) is 0 Å². The highest BCUT2D eigenvalue weighted by Crippen LogP contribution is 2.10. The number of hydrogen-bond acceptors (Lipinski definition) is 3. The molecule has 5 nitrogen and oxygen atoms in total. The fourth-order valence-electron chi connectivity index (χ4n) is 1.51. The molecule has 0 saturated carbocycles. The average Bonchev–Trinajstić information content (AvgIpc) is 2.73. The van der Waals surface area contributed by atoms with Crippen LogP contribution in [0.3, 0.4) is 0 Å². The molecular weight excluding hydrogens is 218 g/mol. The van der Waals surface area contributed by atoms with E-state index in [-0.39, 0.29) is 18.5 Å². The van der Waals surface area contributed by atoms with Gasteiger partial charge in [0.1, 0.15) is 5.69 Å². The molecule has 0 aliphatic carbocycles. The van der Waals surface area contributed by atoms with Gasteiger partial charge in [-0.3, -0.25) is 4.79 Å². The van der Waals surface area contributed by atoms with Gasteiger partial charge in [0, 0.05) is 24.8 Å². The Bertz CT molecular complexity index is 372. The molecule has 17 heavy (non-hydrogen) atoms. The van der Waals surface area contributed by atoms with Crippen LogP contribution < -0.4 is 11.1 Å². The molecule has 0 bridgehead atoms. The number of hydrogen-bond donors (Lipinski definition) is 3. The second-order valence-electron chi connectivity index (χ2n) is 4.51.